The van der Waals surface area contributed by atoms with Crippen LogP contribution in [0.5, 0.6) is 0 Å². The molecule has 0 bridgehead atoms. The van der Waals surface area contributed by atoms with Crippen LogP contribution in [0.4, 0.5) is 0 Å². The van der Waals surface area contributed by atoms with Crippen LogP contribution in [0.2, 0.25) is 0 Å². The average molecular weight is 380 g/mol. The summed E-state index contributed by atoms with van der Waals surface area (Å²) in [5.74, 6) is 0.218. The Morgan fingerprint density at radius 3 is 2.64 bits per heavy atom. The molecule has 6 heteroatoms. The Hall–Kier alpha value is -2.63. The molecule has 2 aliphatic rings. The molecule has 0 radical (unpaired) electrons. The van der Waals surface area contributed by atoms with Gasteiger partial charge in [-0.3, -0.25) is 9.59 Å². The Labute approximate surface area is 165 Å². The second-order valence-corrected chi connectivity index (χ2v) is 7.78. The Kier molecular flexibility index (Phi) is 5.74. The average Bonchev–Trinajstić information content (AvgIpc) is 3.49. The molecule has 2 saturated heterocycles. The molecule has 1 aromatic carbocycles. The first kappa shape index (κ1) is 18.7. The Morgan fingerprint density at radius 1 is 1.07 bits per heavy atom. The molecule has 1 aromatic heterocycles. The quantitative estimate of drug-likeness (QED) is 0.837. The van der Waals surface area contributed by atoms with Crippen LogP contribution in [-0.4, -0.2) is 50.7 Å². The van der Waals surface area contributed by atoms with Crippen molar-refractivity contribution in [1.29, 1.82) is 0 Å². The summed E-state index contributed by atoms with van der Waals surface area (Å²) >= 11 is 0. The standard InChI is InChI=1S/C22H28N4O2/c27-21(12-4-9-17-7-2-1-3-8-17)25-13-6-11-20(25)22(28)26-14-5-10-19(26)18-15-23-16-24-18/h1-3,7-8,15-16,19-20H,4-6,9-14H2,(H,23,24)/t19-,20-/m0/s1. The number of rotatable bonds is 6. The summed E-state index contributed by atoms with van der Waals surface area (Å²) in [6.45, 7) is 1.46. The van der Waals surface area contributed by atoms with Crippen molar-refractivity contribution in [2.75, 3.05) is 13.1 Å². The molecular formula is C22H28N4O2. The highest BCUT2D eigenvalue weighted by Crippen LogP contribution is 2.33. The molecule has 3 heterocycles. The highest BCUT2D eigenvalue weighted by molar-refractivity contribution is 5.88. The number of carbonyl (C=O) groups excluding carboxylic acids is 2. The summed E-state index contributed by atoms with van der Waals surface area (Å²) in [6.07, 6.45) is 9.31. The number of imidazole rings is 1. The molecule has 0 spiro atoms. The van der Waals surface area contributed by atoms with Gasteiger partial charge in [0.05, 0.1) is 24.3 Å². The van der Waals surface area contributed by atoms with Gasteiger partial charge in [-0.1, -0.05) is 30.3 Å². The van der Waals surface area contributed by atoms with E-state index in [1.165, 1.54) is 5.56 Å². The number of hydrogen-bond donors (Lipinski definition) is 1. The molecule has 0 unspecified atom stereocenters. The van der Waals surface area contributed by atoms with E-state index in [0.29, 0.717) is 13.0 Å². The smallest absolute Gasteiger partial charge is 0.245 e. The predicted octanol–water partition coefficient (Wildman–Crippen LogP) is 3.09. The van der Waals surface area contributed by atoms with E-state index in [-0.39, 0.29) is 23.9 Å². The molecule has 1 N–H and O–H groups in total. The zero-order chi connectivity index (χ0) is 19.3. The van der Waals surface area contributed by atoms with E-state index in [2.05, 4.69) is 22.1 Å². The van der Waals surface area contributed by atoms with Crippen molar-refractivity contribution in [2.24, 2.45) is 0 Å². The monoisotopic (exact) mass is 380 g/mol. The topological polar surface area (TPSA) is 69.3 Å². The van der Waals surface area contributed by atoms with Crippen molar-refractivity contribution in [3.8, 4) is 0 Å². The highest BCUT2D eigenvalue weighted by Gasteiger charge is 2.40. The second-order valence-electron chi connectivity index (χ2n) is 7.78. The largest absolute Gasteiger partial charge is 0.347 e. The normalized spacial score (nSPS) is 22.0. The van der Waals surface area contributed by atoms with Crippen LogP contribution in [0.15, 0.2) is 42.9 Å². The van der Waals surface area contributed by atoms with E-state index in [4.69, 9.17) is 0 Å². The Morgan fingerprint density at radius 2 is 1.86 bits per heavy atom. The number of nitrogens with zero attached hydrogens (tertiary/aromatic N) is 3. The van der Waals surface area contributed by atoms with Crippen LogP contribution in [0, 0.1) is 0 Å². The van der Waals surface area contributed by atoms with Crippen molar-refractivity contribution in [2.45, 2.75) is 57.0 Å². The van der Waals surface area contributed by atoms with Gasteiger partial charge in [0.25, 0.3) is 0 Å². The molecule has 2 amide bonds. The van der Waals surface area contributed by atoms with E-state index in [1.807, 2.05) is 28.0 Å². The summed E-state index contributed by atoms with van der Waals surface area (Å²) in [7, 11) is 0. The number of likely N-dealkylation sites (tertiary alicyclic amines) is 2. The van der Waals surface area contributed by atoms with Crippen molar-refractivity contribution in [1.82, 2.24) is 19.8 Å². The molecule has 28 heavy (non-hydrogen) atoms. The number of benzene rings is 1. The fraction of sp³-hybridized carbons (Fsp3) is 0.500. The predicted molar refractivity (Wildman–Crippen MR) is 106 cm³/mol. The number of carbonyl (C=O) groups is 2. The maximum Gasteiger partial charge on any atom is 0.245 e. The number of aromatic amines is 1. The molecule has 0 saturated carbocycles. The van der Waals surface area contributed by atoms with Gasteiger partial charge in [-0.2, -0.15) is 0 Å². The van der Waals surface area contributed by atoms with Gasteiger partial charge in [0, 0.05) is 19.5 Å². The lowest BCUT2D eigenvalue weighted by molar-refractivity contribution is -0.144. The van der Waals surface area contributed by atoms with E-state index in [1.54, 1.807) is 12.5 Å². The molecule has 2 atom stereocenters. The maximum atomic E-state index is 13.3. The summed E-state index contributed by atoms with van der Waals surface area (Å²) in [6, 6.07) is 10.0. The molecule has 2 aromatic rings. The molecule has 6 nitrogen and oxygen atoms in total. The molecule has 2 aliphatic heterocycles. The van der Waals surface area contributed by atoms with Crippen molar-refractivity contribution < 1.29 is 9.59 Å². The number of aromatic nitrogens is 2. The molecular weight excluding hydrogens is 352 g/mol. The van der Waals surface area contributed by atoms with E-state index >= 15 is 0 Å². The minimum absolute atomic E-state index is 0.0608. The number of nitrogens with one attached hydrogen (secondary N) is 1. The lowest BCUT2D eigenvalue weighted by atomic mass is 10.1. The second kappa shape index (κ2) is 8.59. The van der Waals surface area contributed by atoms with Crippen molar-refractivity contribution in [3.63, 3.8) is 0 Å². The van der Waals surface area contributed by atoms with E-state index < -0.39 is 0 Å². The first-order valence-corrected chi connectivity index (χ1v) is 10.4. The molecule has 0 aliphatic carbocycles. The van der Waals surface area contributed by atoms with Gasteiger partial charge in [-0.25, -0.2) is 4.98 Å². The maximum absolute atomic E-state index is 13.3. The number of H-pyrrole nitrogens is 1. The number of hydrogen-bond acceptors (Lipinski definition) is 3. The fourth-order valence-electron chi connectivity index (χ4n) is 4.55. The third-order valence-corrected chi connectivity index (χ3v) is 5.97. The molecule has 2 fully saturated rings. The van der Waals surface area contributed by atoms with Crippen LogP contribution in [-0.2, 0) is 16.0 Å². The third-order valence-electron chi connectivity index (χ3n) is 5.97. The van der Waals surface area contributed by atoms with Gasteiger partial charge in [0.1, 0.15) is 6.04 Å². The SMILES string of the molecule is O=C(CCCc1ccccc1)N1CCC[C@H]1C(=O)N1CCC[C@H]1c1cnc[nH]1. The minimum Gasteiger partial charge on any atom is -0.347 e. The van der Waals surface area contributed by atoms with Gasteiger partial charge < -0.3 is 14.8 Å². The van der Waals surface area contributed by atoms with Gasteiger partial charge >= 0.3 is 0 Å². The summed E-state index contributed by atoms with van der Waals surface area (Å²) in [4.78, 5) is 37.1. The summed E-state index contributed by atoms with van der Waals surface area (Å²) in [5.41, 5.74) is 2.24. The first-order valence-electron chi connectivity index (χ1n) is 10.4. The van der Waals surface area contributed by atoms with Gasteiger partial charge in [-0.05, 0) is 44.1 Å². The third kappa shape index (κ3) is 3.96. The zero-order valence-corrected chi connectivity index (χ0v) is 16.2. The van der Waals surface area contributed by atoms with Gasteiger partial charge in [0.15, 0.2) is 0 Å². The molecule has 148 valence electrons. The van der Waals surface area contributed by atoms with Crippen LogP contribution in [0.3, 0.4) is 0 Å². The lowest BCUT2D eigenvalue weighted by Crippen LogP contribution is -2.47. The summed E-state index contributed by atoms with van der Waals surface area (Å²) in [5, 5.41) is 0. The van der Waals surface area contributed by atoms with Crippen molar-refractivity contribution in [3.05, 3.63) is 54.1 Å². The fourth-order valence-corrected chi connectivity index (χ4v) is 4.55. The van der Waals surface area contributed by atoms with Gasteiger partial charge in [0.2, 0.25) is 11.8 Å². The lowest BCUT2D eigenvalue weighted by Gasteiger charge is -2.31. The van der Waals surface area contributed by atoms with Crippen LogP contribution in [0.25, 0.3) is 0 Å². The van der Waals surface area contributed by atoms with Gasteiger partial charge in [-0.15, -0.1) is 0 Å². The van der Waals surface area contributed by atoms with E-state index in [9.17, 15) is 9.59 Å². The van der Waals surface area contributed by atoms with E-state index in [0.717, 1.165) is 50.8 Å². The molecule has 4 rings (SSSR count). The Balaban J connectivity index is 1.36. The Bertz CT molecular complexity index is 790. The van der Waals surface area contributed by atoms with Crippen LogP contribution < -0.4 is 0 Å². The minimum atomic E-state index is -0.298. The highest BCUT2D eigenvalue weighted by atomic mass is 16.2. The van der Waals surface area contributed by atoms with Crippen molar-refractivity contribution >= 4 is 11.8 Å². The first-order chi connectivity index (χ1) is 13.7. The number of aryl methyl sites for hydroxylation is 1. The zero-order valence-electron chi connectivity index (χ0n) is 16.2. The summed E-state index contributed by atoms with van der Waals surface area (Å²) < 4.78 is 0. The van der Waals surface area contributed by atoms with Crippen LogP contribution in [0.1, 0.15) is 55.8 Å². The van der Waals surface area contributed by atoms with Crippen LogP contribution >= 0.6 is 0 Å². The number of amides is 2.